The molecule has 0 aliphatic carbocycles. The van der Waals surface area contributed by atoms with E-state index < -0.39 is 0 Å². The summed E-state index contributed by atoms with van der Waals surface area (Å²) in [6, 6.07) is 13.1. The van der Waals surface area contributed by atoms with Crippen LogP contribution in [0.25, 0.3) is 10.9 Å². The summed E-state index contributed by atoms with van der Waals surface area (Å²) in [5, 5.41) is 8.92. The molecule has 3 aromatic rings. The molecule has 0 aliphatic rings. The Hall–Kier alpha value is -2.00. The van der Waals surface area contributed by atoms with Crippen LogP contribution in [0, 0.1) is 6.92 Å². The number of aromatic nitrogens is 2. The Morgan fingerprint density at radius 1 is 1.11 bits per heavy atom. The van der Waals surface area contributed by atoms with Gasteiger partial charge in [-0.15, -0.1) is 0 Å². The van der Waals surface area contributed by atoms with Gasteiger partial charge >= 0.3 is 0 Å². The Balaban J connectivity index is 1.95. The van der Waals surface area contributed by atoms with Crippen molar-refractivity contribution in [3.63, 3.8) is 0 Å². The SMILES string of the molecule is Cc1[nH]nc2cc(Oc3cccc(Cl)c3)ccc12. The van der Waals surface area contributed by atoms with Gasteiger partial charge in [0.15, 0.2) is 0 Å². The van der Waals surface area contributed by atoms with E-state index in [2.05, 4.69) is 10.2 Å². The molecule has 0 aliphatic heterocycles. The number of halogens is 1. The minimum atomic E-state index is 0.657. The van der Waals surface area contributed by atoms with Gasteiger partial charge in [0.05, 0.1) is 5.52 Å². The van der Waals surface area contributed by atoms with Crippen molar-refractivity contribution in [1.82, 2.24) is 10.2 Å². The third-order valence-corrected chi connectivity index (χ3v) is 2.98. The highest BCUT2D eigenvalue weighted by molar-refractivity contribution is 6.30. The third-order valence-electron chi connectivity index (χ3n) is 2.75. The molecule has 2 aromatic carbocycles. The van der Waals surface area contributed by atoms with Crippen LogP contribution >= 0.6 is 11.6 Å². The van der Waals surface area contributed by atoms with E-state index in [4.69, 9.17) is 16.3 Å². The zero-order chi connectivity index (χ0) is 12.5. The molecule has 4 heteroatoms. The van der Waals surface area contributed by atoms with Gasteiger partial charge in [0.25, 0.3) is 0 Å². The van der Waals surface area contributed by atoms with Crippen LogP contribution in [0.5, 0.6) is 11.5 Å². The van der Waals surface area contributed by atoms with Crippen LogP contribution in [0.2, 0.25) is 5.02 Å². The van der Waals surface area contributed by atoms with E-state index in [1.54, 1.807) is 6.07 Å². The van der Waals surface area contributed by atoms with Crippen LogP contribution in [0.1, 0.15) is 5.69 Å². The second-order valence-electron chi connectivity index (χ2n) is 4.09. The fourth-order valence-electron chi connectivity index (χ4n) is 1.86. The first kappa shape index (κ1) is 11.1. The number of hydrogen-bond donors (Lipinski definition) is 1. The van der Waals surface area contributed by atoms with Crippen LogP contribution in [0.15, 0.2) is 42.5 Å². The maximum atomic E-state index is 5.91. The summed E-state index contributed by atoms with van der Waals surface area (Å²) in [6.45, 7) is 1.99. The number of aryl methyl sites for hydroxylation is 1. The summed E-state index contributed by atoms with van der Waals surface area (Å²) in [7, 11) is 0. The first-order valence-corrected chi connectivity index (χ1v) is 5.98. The second kappa shape index (κ2) is 4.35. The summed E-state index contributed by atoms with van der Waals surface area (Å²) in [5.41, 5.74) is 1.95. The van der Waals surface area contributed by atoms with E-state index in [-0.39, 0.29) is 0 Å². The number of aromatic amines is 1. The molecular weight excluding hydrogens is 248 g/mol. The summed E-state index contributed by atoms with van der Waals surface area (Å²) in [6.07, 6.45) is 0. The lowest BCUT2D eigenvalue weighted by molar-refractivity contribution is 0.483. The first-order valence-electron chi connectivity index (χ1n) is 5.60. The Labute approximate surface area is 109 Å². The quantitative estimate of drug-likeness (QED) is 0.743. The van der Waals surface area contributed by atoms with Crippen molar-refractivity contribution in [3.8, 4) is 11.5 Å². The molecule has 1 heterocycles. The van der Waals surface area contributed by atoms with Gasteiger partial charge < -0.3 is 4.74 Å². The number of fused-ring (bicyclic) bond motifs is 1. The summed E-state index contributed by atoms with van der Waals surface area (Å²) >= 11 is 5.91. The number of nitrogens with one attached hydrogen (secondary N) is 1. The average Bonchev–Trinajstić information content (AvgIpc) is 2.71. The van der Waals surface area contributed by atoms with Gasteiger partial charge in [0, 0.05) is 22.2 Å². The van der Waals surface area contributed by atoms with E-state index >= 15 is 0 Å². The summed E-state index contributed by atoms with van der Waals surface area (Å²) < 4.78 is 5.74. The van der Waals surface area contributed by atoms with Crippen molar-refractivity contribution in [2.75, 3.05) is 0 Å². The Kier molecular flexibility index (Phi) is 2.68. The van der Waals surface area contributed by atoms with E-state index in [1.165, 1.54) is 0 Å². The Morgan fingerprint density at radius 2 is 1.94 bits per heavy atom. The molecule has 0 amide bonds. The second-order valence-corrected chi connectivity index (χ2v) is 4.52. The number of ether oxygens (including phenoxy) is 1. The normalized spacial score (nSPS) is 10.8. The molecule has 3 nitrogen and oxygen atoms in total. The van der Waals surface area contributed by atoms with Gasteiger partial charge in [0.2, 0.25) is 0 Å². The van der Waals surface area contributed by atoms with Crippen molar-refractivity contribution in [2.24, 2.45) is 0 Å². The molecule has 0 bridgehead atoms. The van der Waals surface area contributed by atoms with E-state index in [1.807, 2.05) is 43.3 Å². The molecule has 1 aromatic heterocycles. The minimum absolute atomic E-state index is 0.657. The zero-order valence-corrected chi connectivity index (χ0v) is 10.5. The predicted molar refractivity (Wildman–Crippen MR) is 72.4 cm³/mol. The lowest BCUT2D eigenvalue weighted by atomic mass is 10.2. The van der Waals surface area contributed by atoms with Gasteiger partial charge in [-0.3, -0.25) is 5.10 Å². The van der Waals surface area contributed by atoms with Crippen LogP contribution in [0.3, 0.4) is 0 Å². The predicted octanol–water partition coefficient (Wildman–Crippen LogP) is 4.32. The van der Waals surface area contributed by atoms with Crippen LogP contribution < -0.4 is 4.74 Å². The molecule has 1 N–H and O–H groups in total. The highest BCUT2D eigenvalue weighted by Crippen LogP contribution is 2.27. The molecule has 0 fully saturated rings. The van der Waals surface area contributed by atoms with Crippen molar-refractivity contribution in [1.29, 1.82) is 0 Å². The zero-order valence-electron chi connectivity index (χ0n) is 9.77. The van der Waals surface area contributed by atoms with E-state index in [0.717, 1.165) is 22.3 Å². The maximum Gasteiger partial charge on any atom is 0.129 e. The van der Waals surface area contributed by atoms with Crippen LogP contribution in [-0.2, 0) is 0 Å². The summed E-state index contributed by atoms with van der Waals surface area (Å²) in [5.74, 6) is 1.46. The summed E-state index contributed by atoms with van der Waals surface area (Å²) in [4.78, 5) is 0. The number of H-pyrrole nitrogens is 1. The standard InChI is InChI=1S/C14H11ClN2O/c1-9-13-6-5-12(8-14(13)17-16-9)18-11-4-2-3-10(15)7-11/h2-8H,1H3,(H,16,17). The van der Waals surface area contributed by atoms with Gasteiger partial charge in [-0.2, -0.15) is 5.10 Å². The molecule has 18 heavy (non-hydrogen) atoms. The molecular formula is C14H11ClN2O. The Bertz CT molecular complexity index is 706. The van der Waals surface area contributed by atoms with Gasteiger partial charge in [-0.25, -0.2) is 0 Å². The molecule has 0 saturated heterocycles. The van der Waals surface area contributed by atoms with Gasteiger partial charge in [-0.1, -0.05) is 17.7 Å². The monoisotopic (exact) mass is 258 g/mol. The van der Waals surface area contributed by atoms with Crippen LogP contribution in [-0.4, -0.2) is 10.2 Å². The molecule has 3 rings (SSSR count). The van der Waals surface area contributed by atoms with Gasteiger partial charge in [0.1, 0.15) is 11.5 Å². The number of rotatable bonds is 2. The molecule has 0 radical (unpaired) electrons. The van der Waals surface area contributed by atoms with Crippen molar-refractivity contribution in [3.05, 3.63) is 53.2 Å². The largest absolute Gasteiger partial charge is 0.457 e. The molecule has 0 atom stereocenters. The molecule has 90 valence electrons. The van der Waals surface area contributed by atoms with E-state index in [0.29, 0.717) is 10.8 Å². The number of hydrogen-bond acceptors (Lipinski definition) is 2. The lowest BCUT2D eigenvalue weighted by Gasteiger charge is -2.05. The molecule has 0 unspecified atom stereocenters. The first-order chi connectivity index (χ1) is 8.72. The number of nitrogens with zero attached hydrogens (tertiary/aromatic N) is 1. The van der Waals surface area contributed by atoms with Crippen molar-refractivity contribution < 1.29 is 4.74 Å². The van der Waals surface area contributed by atoms with Crippen LogP contribution in [0.4, 0.5) is 0 Å². The third kappa shape index (κ3) is 2.05. The molecule has 0 saturated carbocycles. The Morgan fingerprint density at radius 3 is 2.78 bits per heavy atom. The maximum absolute atomic E-state index is 5.91. The topological polar surface area (TPSA) is 37.9 Å². The lowest BCUT2D eigenvalue weighted by Crippen LogP contribution is -1.83. The smallest absolute Gasteiger partial charge is 0.129 e. The van der Waals surface area contributed by atoms with Crippen molar-refractivity contribution >= 4 is 22.5 Å². The minimum Gasteiger partial charge on any atom is -0.457 e. The number of benzene rings is 2. The highest BCUT2D eigenvalue weighted by atomic mass is 35.5. The highest BCUT2D eigenvalue weighted by Gasteiger charge is 2.04. The van der Waals surface area contributed by atoms with Crippen molar-refractivity contribution in [2.45, 2.75) is 6.92 Å². The fourth-order valence-corrected chi connectivity index (χ4v) is 2.04. The fraction of sp³-hybridized carbons (Fsp3) is 0.0714. The average molecular weight is 259 g/mol. The van der Waals surface area contributed by atoms with Gasteiger partial charge in [-0.05, 0) is 37.3 Å². The molecule has 0 spiro atoms. The van der Waals surface area contributed by atoms with E-state index in [9.17, 15) is 0 Å².